The summed E-state index contributed by atoms with van der Waals surface area (Å²) in [6.07, 6.45) is -1.44. The molecule has 0 aromatic heterocycles. The van der Waals surface area contributed by atoms with Gasteiger partial charge in [0.1, 0.15) is 31.0 Å². The Morgan fingerprint density at radius 3 is 1.96 bits per heavy atom. The van der Waals surface area contributed by atoms with E-state index in [4.69, 9.17) is 9.47 Å². The van der Waals surface area contributed by atoms with Crippen molar-refractivity contribution in [1.29, 1.82) is 0 Å². The fourth-order valence-corrected chi connectivity index (χ4v) is 2.96. The number of aliphatic hydroxyl groups is 2. The van der Waals surface area contributed by atoms with Crippen molar-refractivity contribution in [2.24, 2.45) is 0 Å². The Hall–Kier alpha value is -0.340. The van der Waals surface area contributed by atoms with Gasteiger partial charge in [-0.05, 0) is 6.42 Å². The third-order valence-corrected chi connectivity index (χ3v) is 4.40. The standard InChI is InChI=1S/C12H24O10S2/c1-4-5-6-19-10-9(13)11(14)22-12(10,7-20-23(2,15)16)8-21-24(3,17)18/h9-11,13-14H,4-8H2,1-3H3/t9?,10-,11+/m1/s1. The minimum Gasteiger partial charge on any atom is -0.385 e. The number of hydrogen-bond donors (Lipinski definition) is 2. The molecule has 3 atom stereocenters. The first kappa shape index (κ1) is 21.7. The minimum absolute atomic E-state index is 0.188. The van der Waals surface area contributed by atoms with Crippen LogP contribution in [0.15, 0.2) is 0 Å². The van der Waals surface area contributed by atoms with Crippen molar-refractivity contribution in [2.45, 2.75) is 43.9 Å². The maximum absolute atomic E-state index is 11.3. The average molecular weight is 392 g/mol. The first-order chi connectivity index (χ1) is 10.9. The van der Waals surface area contributed by atoms with Gasteiger partial charge in [-0.25, -0.2) is 0 Å². The molecule has 144 valence electrons. The molecular formula is C12H24O10S2. The van der Waals surface area contributed by atoms with Gasteiger partial charge in [-0.15, -0.1) is 0 Å². The summed E-state index contributed by atoms with van der Waals surface area (Å²) >= 11 is 0. The van der Waals surface area contributed by atoms with Crippen LogP contribution in [0, 0.1) is 0 Å². The molecule has 0 bridgehead atoms. The van der Waals surface area contributed by atoms with Crippen molar-refractivity contribution in [3.8, 4) is 0 Å². The number of unbranched alkanes of at least 4 members (excludes halogenated alkanes) is 1. The van der Waals surface area contributed by atoms with Crippen molar-refractivity contribution >= 4 is 20.2 Å². The summed E-state index contributed by atoms with van der Waals surface area (Å²) in [6.45, 7) is 0.721. The van der Waals surface area contributed by atoms with E-state index in [9.17, 15) is 27.0 Å². The molecule has 0 amide bonds. The summed E-state index contributed by atoms with van der Waals surface area (Å²) in [7, 11) is -7.78. The Labute approximate surface area is 141 Å². The summed E-state index contributed by atoms with van der Waals surface area (Å²) in [5.74, 6) is 0. The predicted octanol–water partition coefficient (Wildman–Crippen LogP) is -1.43. The molecule has 2 N–H and O–H groups in total. The van der Waals surface area contributed by atoms with E-state index in [-0.39, 0.29) is 6.61 Å². The normalized spacial score (nSPS) is 27.5. The molecule has 1 rings (SSSR count). The molecule has 0 spiro atoms. The second-order valence-corrected chi connectivity index (χ2v) is 8.93. The van der Waals surface area contributed by atoms with E-state index < -0.39 is 57.5 Å². The third-order valence-electron chi connectivity index (χ3n) is 3.31. The molecule has 1 unspecified atom stereocenters. The molecule has 0 aromatic carbocycles. The zero-order chi connectivity index (χ0) is 18.6. The topological polar surface area (TPSA) is 146 Å². The Kier molecular flexibility index (Phi) is 7.56. The molecule has 1 fully saturated rings. The first-order valence-electron chi connectivity index (χ1n) is 7.24. The van der Waals surface area contributed by atoms with Gasteiger partial charge < -0.3 is 19.7 Å². The van der Waals surface area contributed by atoms with Gasteiger partial charge in [0.25, 0.3) is 20.2 Å². The SMILES string of the molecule is CCCCO[C@@H]1C(O)[C@@H](O)OC1(COS(C)(=O)=O)COS(C)(=O)=O. The third kappa shape index (κ3) is 6.52. The van der Waals surface area contributed by atoms with Gasteiger partial charge in [0, 0.05) is 6.61 Å². The van der Waals surface area contributed by atoms with Gasteiger partial charge in [-0.2, -0.15) is 16.8 Å². The first-order valence-corrected chi connectivity index (χ1v) is 10.9. The van der Waals surface area contributed by atoms with Crippen LogP contribution in [0.25, 0.3) is 0 Å². The second kappa shape index (κ2) is 8.36. The monoisotopic (exact) mass is 392 g/mol. The van der Waals surface area contributed by atoms with E-state index in [0.29, 0.717) is 6.42 Å². The van der Waals surface area contributed by atoms with Gasteiger partial charge in [0.15, 0.2) is 6.29 Å². The highest BCUT2D eigenvalue weighted by molar-refractivity contribution is 7.86. The quantitative estimate of drug-likeness (QED) is 0.335. The summed E-state index contributed by atoms with van der Waals surface area (Å²) in [4.78, 5) is 0. The summed E-state index contributed by atoms with van der Waals surface area (Å²) in [5.41, 5.74) is -1.81. The molecule has 24 heavy (non-hydrogen) atoms. The summed E-state index contributed by atoms with van der Waals surface area (Å²) in [5, 5.41) is 19.8. The smallest absolute Gasteiger partial charge is 0.264 e. The maximum Gasteiger partial charge on any atom is 0.264 e. The number of aliphatic hydroxyl groups excluding tert-OH is 2. The van der Waals surface area contributed by atoms with E-state index in [2.05, 4.69) is 8.37 Å². The Balaban J connectivity index is 3.05. The van der Waals surface area contributed by atoms with Crippen LogP contribution in [0.5, 0.6) is 0 Å². The molecule has 0 aliphatic carbocycles. The number of rotatable bonds is 10. The zero-order valence-corrected chi connectivity index (χ0v) is 15.4. The zero-order valence-electron chi connectivity index (χ0n) is 13.7. The van der Waals surface area contributed by atoms with Gasteiger partial charge in [0.2, 0.25) is 0 Å². The van der Waals surface area contributed by atoms with Crippen molar-refractivity contribution in [2.75, 3.05) is 32.3 Å². The molecule has 1 heterocycles. The molecule has 1 saturated heterocycles. The molecule has 1 aliphatic rings. The summed E-state index contributed by atoms with van der Waals surface area (Å²) in [6, 6.07) is 0. The van der Waals surface area contributed by atoms with Crippen LogP contribution in [0.1, 0.15) is 19.8 Å². The van der Waals surface area contributed by atoms with Gasteiger partial charge >= 0.3 is 0 Å². The van der Waals surface area contributed by atoms with Crippen LogP contribution in [0.4, 0.5) is 0 Å². The molecule has 0 aromatic rings. The van der Waals surface area contributed by atoms with Crippen LogP contribution >= 0.6 is 0 Å². The molecule has 1 aliphatic heterocycles. The van der Waals surface area contributed by atoms with E-state index in [1.807, 2.05) is 6.92 Å². The second-order valence-electron chi connectivity index (χ2n) is 5.64. The molecule has 0 saturated carbocycles. The van der Waals surface area contributed by atoms with Gasteiger partial charge in [-0.1, -0.05) is 13.3 Å². The molecular weight excluding hydrogens is 368 g/mol. The van der Waals surface area contributed by atoms with E-state index in [1.165, 1.54) is 0 Å². The van der Waals surface area contributed by atoms with E-state index >= 15 is 0 Å². The number of hydrogen-bond acceptors (Lipinski definition) is 10. The fraction of sp³-hybridized carbons (Fsp3) is 1.00. The van der Waals surface area contributed by atoms with E-state index in [1.54, 1.807) is 0 Å². The van der Waals surface area contributed by atoms with Crippen LogP contribution in [-0.2, 0) is 38.1 Å². The highest BCUT2D eigenvalue weighted by Crippen LogP contribution is 2.34. The van der Waals surface area contributed by atoms with Crippen LogP contribution in [0.2, 0.25) is 0 Å². The molecule has 0 radical (unpaired) electrons. The van der Waals surface area contributed by atoms with Crippen LogP contribution in [-0.4, -0.2) is 83.5 Å². The minimum atomic E-state index is -3.89. The highest BCUT2D eigenvalue weighted by Gasteiger charge is 2.56. The maximum atomic E-state index is 11.3. The lowest BCUT2D eigenvalue weighted by molar-refractivity contribution is -0.184. The number of ether oxygens (including phenoxy) is 2. The van der Waals surface area contributed by atoms with Gasteiger partial charge in [0.05, 0.1) is 12.5 Å². The Bertz CT molecular complexity index is 563. The van der Waals surface area contributed by atoms with Crippen molar-refractivity contribution in [3.63, 3.8) is 0 Å². The van der Waals surface area contributed by atoms with Crippen LogP contribution in [0.3, 0.4) is 0 Å². The predicted molar refractivity (Wildman–Crippen MR) is 82.1 cm³/mol. The van der Waals surface area contributed by atoms with Crippen molar-refractivity contribution in [3.05, 3.63) is 0 Å². The average Bonchev–Trinajstić information content (AvgIpc) is 2.67. The van der Waals surface area contributed by atoms with Crippen LogP contribution < -0.4 is 0 Å². The van der Waals surface area contributed by atoms with Crippen molar-refractivity contribution < 1.29 is 44.9 Å². The lowest BCUT2D eigenvalue weighted by Crippen LogP contribution is -2.52. The van der Waals surface area contributed by atoms with Gasteiger partial charge in [-0.3, -0.25) is 8.37 Å². The Morgan fingerprint density at radius 2 is 1.54 bits per heavy atom. The molecule has 12 heteroatoms. The summed E-state index contributed by atoms with van der Waals surface area (Å²) < 4.78 is 65.1. The largest absolute Gasteiger partial charge is 0.385 e. The lowest BCUT2D eigenvalue weighted by Gasteiger charge is -2.32. The Morgan fingerprint density at radius 1 is 1.04 bits per heavy atom. The lowest BCUT2D eigenvalue weighted by atomic mass is 9.97. The molecule has 10 nitrogen and oxygen atoms in total. The van der Waals surface area contributed by atoms with E-state index in [0.717, 1.165) is 18.9 Å². The highest BCUT2D eigenvalue weighted by atomic mass is 32.2. The van der Waals surface area contributed by atoms with Crippen molar-refractivity contribution in [1.82, 2.24) is 0 Å². The fourth-order valence-electron chi connectivity index (χ4n) is 2.13.